The van der Waals surface area contributed by atoms with Gasteiger partial charge in [0.25, 0.3) is 0 Å². The second-order valence-corrected chi connectivity index (χ2v) is 4.97. The maximum atomic E-state index is 2.29. The molecule has 17 heavy (non-hydrogen) atoms. The molecule has 1 aliphatic rings. The molecule has 0 aromatic heterocycles. The first-order valence-electron chi connectivity index (χ1n) is 6.46. The zero-order valence-electron chi connectivity index (χ0n) is 10.6. The molecule has 2 aromatic carbocycles. The topological polar surface area (TPSA) is 0 Å². The maximum absolute atomic E-state index is 2.29. The molecule has 0 saturated carbocycles. The predicted molar refractivity (Wildman–Crippen MR) is 72.6 cm³/mol. The van der Waals surface area contributed by atoms with E-state index in [0.717, 1.165) is 19.3 Å². The zero-order chi connectivity index (χ0) is 11.8. The lowest BCUT2D eigenvalue weighted by atomic mass is 9.81. The summed E-state index contributed by atoms with van der Waals surface area (Å²) in [6.45, 7) is 4.49. The Morgan fingerprint density at radius 1 is 0.882 bits per heavy atom. The Hall–Kier alpha value is -1.56. The Kier molecular flexibility index (Phi) is 2.51. The van der Waals surface area contributed by atoms with Gasteiger partial charge >= 0.3 is 0 Å². The van der Waals surface area contributed by atoms with Crippen molar-refractivity contribution in [1.82, 2.24) is 0 Å². The number of aryl methyl sites for hydroxylation is 2. The minimum absolute atomic E-state index is 1.11. The Labute approximate surface area is 103 Å². The molecule has 0 heteroatoms. The summed E-state index contributed by atoms with van der Waals surface area (Å²) in [6.07, 6.45) is 3.38. The second-order valence-electron chi connectivity index (χ2n) is 4.97. The third-order valence-corrected chi connectivity index (χ3v) is 3.99. The van der Waals surface area contributed by atoms with Crippen LogP contribution in [0.3, 0.4) is 0 Å². The lowest BCUT2D eigenvalue weighted by Crippen LogP contribution is -2.11. The van der Waals surface area contributed by atoms with E-state index in [4.69, 9.17) is 0 Å². The molecule has 0 amide bonds. The monoisotopic (exact) mass is 222 g/mol. The van der Waals surface area contributed by atoms with Crippen molar-refractivity contribution in [3.8, 4) is 0 Å². The molecule has 0 nitrogen and oxygen atoms in total. The fourth-order valence-corrected chi connectivity index (χ4v) is 2.98. The van der Waals surface area contributed by atoms with Crippen molar-refractivity contribution in [2.75, 3.05) is 0 Å². The van der Waals surface area contributed by atoms with Gasteiger partial charge in [-0.1, -0.05) is 43.3 Å². The van der Waals surface area contributed by atoms with Gasteiger partial charge < -0.3 is 0 Å². The second kappa shape index (κ2) is 4.03. The molecule has 0 radical (unpaired) electrons. The number of hydrogen-bond acceptors (Lipinski definition) is 0. The van der Waals surface area contributed by atoms with Crippen LogP contribution in [0.25, 0.3) is 0 Å². The summed E-state index contributed by atoms with van der Waals surface area (Å²) in [5.74, 6) is 0. The Balaban J connectivity index is 2.14. The average Bonchev–Trinajstić information content (AvgIpc) is 2.36. The van der Waals surface area contributed by atoms with E-state index < -0.39 is 0 Å². The van der Waals surface area contributed by atoms with Gasteiger partial charge in [-0.3, -0.25) is 0 Å². The van der Waals surface area contributed by atoms with Crippen LogP contribution in [0, 0.1) is 6.92 Å². The van der Waals surface area contributed by atoms with Gasteiger partial charge in [0.2, 0.25) is 0 Å². The number of hydrogen-bond donors (Lipinski definition) is 0. The van der Waals surface area contributed by atoms with E-state index in [0.29, 0.717) is 0 Å². The molecule has 1 aliphatic carbocycles. The summed E-state index contributed by atoms with van der Waals surface area (Å²) in [5, 5.41) is 0. The molecular formula is C17H18. The van der Waals surface area contributed by atoms with Gasteiger partial charge in [-0.15, -0.1) is 0 Å². The summed E-state index contributed by atoms with van der Waals surface area (Å²) in [7, 11) is 0. The first-order valence-corrected chi connectivity index (χ1v) is 6.46. The molecule has 0 fully saturated rings. The molecule has 0 aliphatic heterocycles. The van der Waals surface area contributed by atoms with Crippen molar-refractivity contribution >= 4 is 0 Å². The minimum Gasteiger partial charge on any atom is -0.0617 e. The summed E-state index contributed by atoms with van der Waals surface area (Å²) in [6, 6.07) is 13.5. The molecular weight excluding hydrogens is 204 g/mol. The van der Waals surface area contributed by atoms with E-state index in [2.05, 4.69) is 50.2 Å². The van der Waals surface area contributed by atoms with Crippen LogP contribution in [0.1, 0.15) is 40.3 Å². The lowest BCUT2D eigenvalue weighted by Gasteiger charge is -2.23. The van der Waals surface area contributed by atoms with Crippen LogP contribution in [0.5, 0.6) is 0 Å². The van der Waals surface area contributed by atoms with E-state index in [-0.39, 0.29) is 0 Å². The maximum Gasteiger partial charge on any atom is -0.00147 e. The molecule has 0 saturated heterocycles. The highest BCUT2D eigenvalue weighted by atomic mass is 14.2. The molecule has 0 unspecified atom stereocenters. The molecule has 3 rings (SSSR count). The van der Waals surface area contributed by atoms with Crippen LogP contribution < -0.4 is 0 Å². The van der Waals surface area contributed by atoms with E-state index in [9.17, 15) is 0 Å². The van der Waals surface area contributed by atoms with Crippen LogP contribution in [-0.4, -0.2) is 0 Å². The highest BCUT2D eigenvalue weighted by Gasteiger charge is 2.18. The smallest absolute Gasteiger partial charge is 0.00147 e. The van der Waals surface area contributed by atoms with Gasteiger partial charge in [0, 0.05) is 0 Å². The summed E-state index contributed by atoms with van der Waals surface area (Å²) in [4.78, 5) is 0. The first-order chi connectivity index (χ1) is 8.29. The van der Waals surface area contributed by atoms with Crippen molar-refractivity contribution in [3.63, 3.8) is 0 Å². The van der Waals surface area contributed by atoms with Gasteiger partial charge in [-0.05, 0) is 59.6 Å². The van der Waals surface area contributed by atoms with Crippen molar-refractivity contribution in [2.24, 2.45) is 0 Å². The van der Waals surface area contributed by atoms with E-state index in [1.54, 1.807) is 11.1 Å². The van der Waals surface area contributed by atoms with Crippen molar-refractivity contribution < 1.29 is 0 Å². The number of fused-ring (bicyclic) bond motifs is 2. The van der Waals surface area contributed by atoms with Crippen LogP contribution in [0.2, 0.25) is 0 Å². The fraction of sp³-hybridized carbons (Fsp3) is 0.294. The van der Waals surface area contributed by atoms with Crippen LogP contribution in [0.4, 0.5) is 0 Å². The Morgan fingerprint density at radius 2 is 1.59 bits per heavy atom. The van der Waals surface area contributed by atoms with Crippen molar-refractivity contribution in [2.45, 2.75) is 33.1 Å². The van der Waals surface area contributed by atoms with Crippen molar-refractivity contribution in [1.29, 1.82) is 0 Å². The van der Waals surface area contributed by atoms with E-state index in [1.807, 2.05) is 0 Å². The Morgan fingerprint density at radius 3 is 2.35 bits per heavy atom. The third-order valence-electron chi connectivity index (χ3n) is 3.99. The van der Waals surface area contributed by atoms with Gasteiger partial charge in [0.15, 0.2) is 0 Å². The van der Waals surface area contributed by atoms with Crippen LogP contribution in [0.15, 0.2) is 36.4 Å². The minimum atomic E-state index is 1.11. The van der Waals surface area contributed by atoms with E-state index in [1.165, 1.54) is 22.3 Å². The summed E-state index contributed by atoms with van der Waals surface area (Å²) >= 11 is 0. The number of benzene rings is 2. The SMILES string of the molecule is CCc1cccc2c1Cc1c(C)cccc1C2. The first kappa shape index (κ1) is 10.6. The van der Waals surface area contributed by atoms with Gasteiger partial charge in [0.1, 0.15) is 0 Å². The highest BCUT2D eigenvalue weighted by molar-refractivity contribution is 5.50. The molecule has 0 heterocycles. The normalized spacial score (nSPS) is 13.1. The van der Waals surface area contributed by atoms with Gasteiger partial charge in [-0.25, -0.2) is 0 Å². The molecule has 86 valence electrons. The van der Waals surface area contributed by atoms with Gasteiger partial charge in [0.05, 0.1) is 0 Å². The van der Waals surface area contributed by atoms with E-state index >= 15 is 0 Å². The Bertz CT molecular complexity index is 564. The van der Waals surface area contributed by atoms with Crippen molar-refractivity contribution in [3.05, 3.63) is 69.8 Å². The predicted octanol–water partition coefficient (Wildman–Crippen LogP) is 4.05. The zero-order valence-corrected chi connectivity index (χ0v) is 10.6. The average molecular weight is 222 g/mol. The third kappa shape index (κ3) is 1.68. The lowest BCUT2D eigenvalue weighted by molar-refractivity contribution is 0.949. The molecule has 0 bridgehead atoms. The van der Waals surface area contributed by atoms with Crippen LogP contribution >= 0.6 is 0 Å². The number of rotatable bonds is 1. The van der Waals surface area contributed by atoms with Crippen LogP contribution in [-0.2, 0) is 19.3 Å². The van der Waals surface area contributed by atoms with Gasteiger partial charge in [-0.2, -0.15) is 0 Å². The highest BCUT2D eigenvalue weighted by Crippen LogP contribution is 2.31. The largest absolute Gasteiger partial charge is 0.0617 e. The standard InChI is InChI=1S/C17H18/c1-3-13-7-5-9-15-10-14-8-4-6-12(2)16(14)11-17(13)15/h4-9H,3,10-11H2,1-2H3. The molecule has 0 atom stereocenters. The fourth-order valence-electron chi connectivity index (χ4n) is 2.98. The summed E-state index contributed by atoms with van der Waals surface area (Å²) < 4.78 is 0. The quantitative estimate of drug-likeness (QED) is 0.582. The molecule has 0 spiro atoms. The summed E-state index contributed by atoms with van der Waals surface area (Å²) in [5.41, 5.74) is 9.15. The molecule has 2 aromatic rings. The molecule has 0 N–H and O–H groups in total.